The summed E-state index contributed by atoms with van der Waals surface area (Å²) < 4.78 is 13.0. The maximum absolute atomic E-state index is 13.0. The number of oxime groups is 1. The molecule has 0 saturated heterocycles. The van der Waals surface area contributed by atoms with E-state index in [1.807, 2.05) is 0 Å². The first-order valence-corrected chi connectivity index (χ1v) is 9.82. The Balaban J connectivity index is 0.000000293. The Labute approximate surface area is 179 Å². The molecule has 0 aromatic heterocycles. The minimum atomic E-state index is -1.26. The molecule has 0 aliphatic carbocycles. The molecule has 2 aromatic rings. The zero-order valence-electron chi connectivity index (χ0n) is 16.8. The average Bonchev–Trinajstić information content (AvgIpc) is 3.21. The van der Waals surface area contributed by atoms with Crippen LogP contribution in [0.25, 0.3) is 0 Å². The molecule has 162 valence electrons. The van der Waals surface area contributed by atoms with Crippen LogP contribution in [0.1, 0.15) is 23.1 Å². The van der Waals surface area contributed by atoms with E-state index in [1.54, 1.807) is 12.1 Å². The molecule has 0 spiro atoms. The molecule has 0 amide bonds. The molecule has 31 heavy (non-hydrogen) atoms. The fourth-order valence-corrected chi connectivity index (χ4v) is 3.48. The Bertz CT molecular complexity index is 972. The van der Waals surface area contributed by atoms with Gasteiger partial charge in [-0.05, 0) is 35.2 Å². The molecule has 0 radical (unpaired) electrons. The summed E-state index contributed by atoms with van der Waals surface area (Å²) in [5.41, 5.74) is 4.72. The van der Waals surface area contributed by atoms with Crippen molar-refractivity contribution in [2.24, 2.45) is 5.16 Å². The van der Waals surface area contributed by atoms with E-state index in [0.29, 0.717) is 12.2 Å². The first-order valence-electron chi connectivity index (χ1n) is 9.82. The molecule has 2 aromatic carbocycles. The van der Waals surface area contributed by atoms with Gasteiger partial charge in [0.2, 0.25) is 0 Å². The summed E-state index contributed by atoms with van der Waals surface area (Å²) in [6.45, 7) is 2.91. The Morgan fingerprint density at radius 2 is 1.71 bits per heavy atom. The van der Waals surface area contributed by atoms with Gasteiger partial charge in [-0.15, -0.1) is 0 Å². The smallest absolute Gasteiger partial charge is 0.328 e. The number of hydrogen-bond acceptors (Lipinski definition) is 5. The first-order chi connectivity index (χ1) is 14.9. The predicted molar refractivity (Wildman–Crippen MR) is 112 cm³/mol. The van der Waals surface area contributed by atoms with Gasteiger partial charge < -0.3 is 15.1 Å². The topological polar surface area (TPSA) is 99.4 Å². The van der Waals surface area contributed by atoms with E-state index in [1.165, 1.54) is 23.3 Å². The Morgan fingerprint density at radius 3 is 2.35 bits per heavy atom. The van der Waals surface area contributed by atoms with Crippen LogP contribution in [-0.2, 0) is 27.4 Å². The van der Waals surface area contributed by atoms with Crippen LogP contribution in [-0.4, -0.2) is 52.0 Å². The molecule has 0 saturated carbocycles. The highest BCUT2D eigenvalue weighted by Crippen LogP contribution is 2.22. The van der Waals surface area contributed by atoms with Gasteiger partial charge in [-0.25, -0.2) is 14.0 Å². The normalized spacial score (nSPS) is 17.8. The van der Waals surface area contributed by atoms with Gasteiger partial charge in [-0.1, -0.05) is 41.6 Å². The lowest BCUT2D eigenvalue weighted by Crippen LogP contribution is -2.36. The van der Waals surface area contributed by atoms with Crippen LogP contribution in [0.3, 0.4) is 0 Å². The van der Waals surface area contributed by atoms with Crippen LogP contribution in [0, 0.1) is 5.82 Å². The van der Waals surface area contributed by atoms with E-state index < -0.39 is 11.9 Å². The van der Waals surface area contributed by atoms with Gasteiger partial charge in [0.05, 0.1) is 5.71 Å². The van der Waals surface area contributed by atoms with Crippen molar-refractivity contribution in [3.05, 3.63) is 83.2 Å². The second-order valence-corrected chi connectivity index (χ2v) is 7.24. The number of nitrogens with zero attached hydrogens (tertiary/aromatic N) is 2. The number of benzene rings is 2. The van der Waals surface area contributed by atoms with Crippen molar-refractivity contribution in [1.82, 2.24) is 4.90 Å². The van der Waals surface area contributed by atoms with E-state index in [-0.39, 0.29) is 11.9 Å². The third-order valence-corrected chi connectivity index (χ3v) is 4.95. The maximum atomic E-state index is 13.0. The fraction of sp³-hybridized carbons (Fsp3) is 0.261. The SMILES string of the molecule is Fc1ccc(C2=NOC(CN3CCc4ccccc4C3)C2)cc1.O=C(O)/C=C\C(=O)O. The first kappa shape index (κ1) is 22.2. The lowest BCUT2D eigenvalue weighted by molar-refractivity contribution is -0.134. The highest BCUT2D eigenvalue weighted by Gasteiger charge is 2.26. The largest absolute Gasteiger partial charge is 0.478 e. The molecule has 2 heterocycles. The number of carboxylic acid groups (broad SMARTS) is 2. The van der Waals surface area contributed by atoms with E-state index in [4.69, 9.17) is 15.1 Å². The Hall–Kier alpha value is -3.52. The summed E-state index contributed by atoms with van der Waals surface area (Å²) in [5, 5.41) is 19.8. The number of rotatable bonds is 5. The number of halogens is 1. The van der Waals surface area contributed by atoms with E-state index in [0.717, 1.165) is 43.8 Å². The standard InChI is InChI=1S/C19H19FN2O.C4H4O4/c20-17-7-5-15(6-8-17)19-11-18(23-21-19)13-22-10-9-14-3-1-2-4-16(14)12-22;5-3(6)1-2-4(7)8/h1-8,18H,9-13H2;1-2H,(H,5,6)(H,7,8)/b;2-1-. The minimum Gasteiger partial charge on any atom is -0.478 e. The summed E-state index contributed by atoms with van der Waals surface area (Å²) in [7, 11) is 0. The van der Waals surface area contributed by atoms with Crippen molar-refractivity contribution in [3.8, 4) is 0 Å². The van der Waals surface area contributed by atoms with E-state index in [9.17, 15) is 14.0 Å². The second-order valence-electron chi connectivity index (χ2n) is 7.24. The molecule has 0 bridgehead atoms. The molecular weight excluding hydrogens is 403 g/mol. The molecule has 2 aliphatic heterocycles. The van der Waals surface area contributed by atoms with Crippen LogP contribution in [0.2, 0.25) is 0 Å². The molecule has 2 aliphatic rings. The van der Waals surface area contributed by atoms with Crippen LogP contribution in [0.15, 0.2) is 65.8 Å². The molecule has 2 N–H and O–H groups in total. The average molecular weight is 426 g/mol. The Morgan fingerprint density at radius 1 is 1.06 bits per heavy atom. The van der Waals surface area contributed by atoms with Crippen molar-refractivity contribution in [1.29, 1.82) is 0 Å². The lowest BCUT2D eigenvalue weighted by atomic mass is 9.99. The monoisotopic (exact) mass is 426 g/mol. The number of carbonyl (C=O) groups is 2. The minimum absolute atomic E-state index is 0.0836. The van der Waals surface area contributed by atoms with Gasteiger partial charge in [0.25, 0.3) is 0 Å². The molecular formula is C23H23FN2O5. The van der Waals surface area contributed by atoms with Crippen molar-refractivity contribution in [2.45, 2.75) is 25.5 Å². The molecule has 8 heteroatoms. The second kappa shape index (κ2) is 10.5. The molecule has 1 unspecified atom stereocenters. The molecule has 7 nitrogen and oxygen atoms in total. The third kappa shape index (κ3) is 6.75. The number of hydrogen-bond donors (Lipinski definition) is 2. The maximum Gasteiger partial charge on any atom is 0.328 e. The molecule has 0 fully saturated rings. The van der Waals surface area contributed by atoms with Crippen LogP contribution in [0.4, 0.5) is 4.39 Å². The van der Waals surface area contributed by atoms with Gasteiger partial charge in [0.1, 0.15) is 11.9 Å². The van der Waals surface area contributed by atoms with Crippen molar-refractivity contribution in [3.63, 3.8) is 0 Å². The lowest BCUT2D eigenvalue weighted by Gasteiger charge is -2.29. The fourth-order valence-electron chi connectivity index (χ4n) is 3.48. The summed E-state index contributed by atoms with van der Waals surface area (Å²) in [5.74, 6) is -2.74. The van der Waals surface area contributed by atoms with Gasteiger partial charge in [0.15, 0.2) is 0 Å². The van der Waals surface area contributed by atoms with Crippen LogP contribution in [0.5, 0.6) is 0 Å². The van der Waals surface area contributed by atoms with Gasteiger partial charge in [-0.3, -0.25) is 4.90 Å². The third-order valence-electron chi connectivity index (χ3n) is 4.95. The van der Waals surface area contributed by atoms with Crippen molar-refractivity contribution in [2.75, 3.05) is 13.1 Å². The van der Waals surface area contributed by atoms with Gasteiger partial charge in [0, 0.05) is 38.2 Å². The van der Waals surface area contributed by atoms with Crippen molar-refractivity contribution < 1.29 is 29.0 Å². The summed E-state index contributed by atoms with van der Waals surface area (Å²) in [6, 6.07) is 15.1. The highest BCUT2D eigenvalue weighted by atomic mass is 19.1. The summed E-state index contributed by atoms with van der Waals surface area (Å²) in [4.78, 5) is 27.1. The number of fused-ring (bicyclic) bond motifs is 1. The van der Waals surface area contributed by atoms with Crippen LogP contribution >= 0.6 is 0 Å². The number of aliphatic carboxylic acids is 2. The van der Waals surface area contributed by atoms with Gasteiger partial charge in [-0.2, -0.15) is 0 Å². The summed E-state index contributed by atoms with van der Waals surface area (Å²) >= 11 is 0. The van der Waals surface area contributed by atoms with Crippen LogP contribution < -0.4 is 0 Å². The summed E-state index contributed by atoms with van der Waals surface area (Å²) in [6.07, 6.45) is 3.07. The predicted octanol–water partition coefficient (Wildman–Crippen LogP) is 3.09. The molecule has 4 rings (SSSR count). The quantitative estimate of drug-likeness (QED) is 0.713. The zero-order valence-corrected chi connectivity index (χ0v) is 16.8. The van der Waals surface area contributed by atoms with Crippen molar-refractivity contribution >= 4 is 17.7 Å². The van der Waals surface area contributed by atoms with Gasteiger partial charge >= 0.3 is 11.9 Å². The Kier molecular flexibility index (Phi) is 7.50. The highest BCUT2D eigenvalue weighted by molar-refractivity contribution is 6.01. The number of carboxylic acids is 2. The molecule has 1 atom stereocenters. The zero-order chi connectivity index (χ0) is 22.2. The van der Waals surface area contributed by atoms with E-state index in [2.05, 4.69) is 34.3 Å². The van der Waals surface area contributed by atoms with E-state index >= 15 is 0 Å².